The minimum atomic E-state index is -0.249. The van der Waals surface area contributed by atoms with Gasteiger partial charge in [-0.2, -0.15) is 0 Å². The predicted molar refractivity (Wildman–Crippen MR) is 75.3 cm³/mol. The number of aromatic nitrogens is 1. The third-order valence-corrected chi connectivity index (χ3v) is 3.05. The summed E-state index contributed by atoms with van der Waals surface area (Å²) in [5.41, 5.74) is 8.15. The second-order valence-corrected chi connectivity index (χ2v) is 4.72. The van der Waals surface area contributed by atoms with Crippen LogP contribution in [0.4, 0.5) is 10.1 Å². The Hall–Kier alpha value is -1.94. The van der Waals surface area contributed by atoms with Gasteiger partial charge in [-0.1, -0.05) is 12.1 Å². The summed E-state index contributed by atoms with van der Waals surface area (Å²) in [7, 11) is 1.86. The van der Waals surface area contributed by atoms with E-state index in [4.69, 9.17) is 5.73 Å². The van der Waals surface area contributed by atoms with Crippen molar-refractivity contribution in [1.29, 1.82) is 0 Å². The number of rotatable bonds is 4. The maximum Gasteiger partial charge on any atom is 0.146 e. The van der Waals surface area contributed by atoms with Gasteiger partial charge in [-0.05, 0) is 36.2 Å². The summed E-state index contributed by atoms with van der Waals surface area (Å²) in [5, 5.41) is 0. The van der Waals surface area contributed by atoms with Crippen LogP contribution in [0.5, 0.6) is 0 Å². The fourth-order valence-corrected chi connectivity index (χ4v) is 1.97. The third-order valence-electron chi connectivity index (χ3n) is 3.05. The molecule has 19 heavy (non-hydrogen) atoms. The van der Waals surface area contributed by atoms with Crippen LogP contribution in [-0.4, -0.2) is 12.0 Å². The molecule has 0 aliphatic heterocycles. The first-order valence-corrected chi connectivity index (χ1v) is 6.23. The number of benzene rings is 1. The van der Waals surface area contributed by atoms with Crippen LogP contribution in [0.1, 0.15) is 24.1 Å². The maximum absolute atomic E-state index is 14.1. The van der Waals surface area contributed by atoms with Crippen molar-refractivity contribution < 1.29 is 4.39 Å². The summed E-state index contributed by atoms with van der Waals surface area (Å²) in [6, 6.07) is 8.82. The summed E-state index contributed by atoms with van der Waals surface area (Å²) in [6.45, 7) is 2.45. The van der Waals surface area contributed by atoms with Gasteiger partial charge in [0, 0.05) is 32.0 Å². The minimum absolute atomic E-state index is 0.160. The average molecular weight is 259 g/mol. The normalized spacial score (nSPS) is 12.2. The molecule has 0 unspecified atom stereocenters. The molecule has 0 radical (unpaired) electrons. The fourth-order valence-electron chi connectivity index (χ4n) is 1.97. The number of hydrogen-bond donors (Lipinski definition) is 1. The van der Waals surface area contributed by atoms with Gasteiger partial charge in [0.05, 0.1) is 5.69 Å². The molecule has 0 aliphatic carbocycles. The van der Waals surface area contributed by atoms with Crippen molar-refractivity contribution in [2.75, 3.05) is 11.9 Å². The lowest BCUT2D eigenvalue weighted by atomic mass is 10.1. The van der Waals surface area contributed by atoms with E-state index in [1.807, 2.05) is 37.1 Å². The van der Waals surface area contributed by atoms with Gasteiger partial charge in [-0.25, -0.2) is 4.39 Å². The topological polar surface area (TPSA) is 42.1 Å². The Kier molecular flexibility index (Phi) is 4.12. The van der Waals surface area contributed by atoms with Gasteiger partial charge in [0.1, 0.15) is 5.82 Å². The zero-order valence-electron chi connectivity index (χ0n) is 11.2. The molecule has 2 rings (SSSR count). The van der Waals surface area contributed by atoms with Gasteiger partial charge in [0.2, 0.25) is 0 Å². The van der Waals surface area contributed by atoms with Crippen LogP contribution in [-0.2, 0) is 6.54 Å². The number of nitrogens with zero attached hydrogens (tertiary/aromatic N) is 2. The number of pyridine rings is 1. The minimum Gasteiger partial charge on any atom is -0.368 e. The standard InChI is InChI=1S/C15H18FN3/c1-11(17)13-5-6-15(14(16)8-13)19(2)10-12-4-3-7-18-9-12/h3-9,11H,10,17H2,1-2H3/t11-/m0/s1. The van der Waals surface area contributed by atoms with Crippen LogP contribution < -0.4 is 10.6 Å². The van der Waals surface area contributed by atoms with Gasteiger partial charge in [-0.3, -0.25) is 4.98 Å². The van der Waals surface area contributed by atoms with E-state index in [0.29, 0.717) is 12.2 Å². The molecule has 1 aromatic heterocycles. The molecule has 100 valence electrons. The molecule has 1 heterocycles. The van der Waals surface area contributed by atoms with Crippen LogP contribution >= 0.6 is 0 Å². The Balaban J connectivity index is 2.17. The number of nitrogens with two attached hydrogens (primary N) is 1. The molecule has 3 nitrogen and oxygen atoms in total. The Morgan fingerprint density at radius 3 is 2.74 bits per heavy atom. The van der Waals surface area contributed by atoms with Crippen LogP contribution in [0.2, 0.25) is 0 Å². The van der Waals surface area contributed by atoms with E-state index in [9.17, 15) is 4.39 Å². The van der Waals surface area contributed by atoms with Crippen LogP contribution in [0.15, 0.2) is 42.7 Å². The van der Waals surface area contributed by atoms with E-state index in [1.165, 1.54) is 6.07 Å². The number of hydrogen-bond acceptors (Lipinski definition) is 3. The summed E-state index contributed by atoms with van der Waals surface area (Å²) in [6.07, 6.45) is 3.51. The van der Waals surface area contributed by atoms with Crippen molar-refractivity contribution in [2.24, 2.45) is 5.73 Å². The van der Waals surface area contributed by atoms with Crippen LogP contribution in [0.3, 0.4) is 0 Å². The number of anilines is 1. The van der Waals surface area contributed by atoms with Gasteiger partial charge >= 0.3 is 0 Å². The lowest BCUT2D eigenvalue weighted by Crippen LogP contribution is -2.18. The summed E-state index contributed by atoms with van der Waals surface area (Å²) in [4.78, 5) is 5.91. The molecule has 2 aromatic rings. The molecular weight excluding hydrogens is 241 g/mol. The number of halogens is 1. The largest absolute Gasteiger partial charge is 0.368 e. The molecule has 4 heteroatoms. The van der Waals surface area contributed by atoms with Gasteiger partial charge in [0.25, 0.3) is 0 Å². The molecule has 1 atom stereocenters. The predicted octanol–water partition coefficient (Wildman–Crippen LogP) is 2.88. The lowest BCUT2D eigenvalue weighted by Gasteiger charge is -2.20. The second-order valence-electron chi connectivity index (χ2n) is 4.72. The van der Waals surface area contributed by atoms with Gasteiger partial charge < -0.3 is 10.6 Å². The van der Waals surface area contributed by atoms with Crippen molar-refractivity contribution in [2.45, 2.75) is 19.5 Å². The zero-order valence-corrected chi connectivity index (χ0v) is 11.2. The average Bonchev–Trinajstić information content (AvgIpc) is 2.39. The molecule has 0 aliphatic rings. The van der Waals surface area contributed by atoms with Crippen molar-refractivity contribution in [1.82, 2.24) is 4.98 Å². The highest BCUT2D eigenvalue weighted by atomic mass is 19.1. The fraction of sp³-hybridized carbons (Fsp3) is 0.267. The van der Waals surface area contributed by atoms with E-state index < -0.39 is 0 Å². The first-order chi connectivity index (χ1) is 9.08. The Labute approximate surface area is 112 Å². The quantitative estimate of drug-likeness (QED) is 0.918. The Morgan fingerprint density at radius 2 is 2.16 bits per heavy atom. The highest BCUT2D eigenvalue weighted by Crippen LogP contribution is 2.23. The molecule has 2 N–H and O–H groups in total. The monoisotopic (exact) mass is 259 g/mol. The first-order valence-electron chi connectivity index (χ1n) is 6.23. The Morgan fingerprint density at radius 1 is 1.37 bits per heavy atom. The molecule has 1 aromatic carbocycles. The molecule has 0 bridgehead atoms. The molecule has 0 spiro atoms. The van der Waals surface area contributed by atoms with E-state index in [2.05, 4.69) is 4.98 Å². The smallest absolute Gasteiger partial charge is 0.146 e. The van der Waals surface area contributed by atoms with Crippen LogP contribution in [0, 0.1) is 5.82 Å². The Bertz CT molecular complexity index is 540. The molecule has 0 saturated carbocycles. The highest BCUT2D eigenvalue weighted by molar-refractivity contribution is 5.49. The van der Waals surface area contributed by atoms with E-state index >= 15 is 0 Å². The third kappa shape index (κ3) is 3.29. The van der Waals surface area contributed by atoms with Crippen LogP contribution in [0.25, 0.3) is 0 Å². The summed E-state index contributed by atoms with van der Waals surface area (Å²) >= 11 is 0. The molecule has 0 amide bonds. The molecule has 0 fully saturated rings. The molecular formula is C15H18FN3. The van der Waals surface area contributed by atoms with Crippen molar-refractivity contribution in [3.05, 3.63) is 59.7 Å². The lowest BCUT2D eigenvalue weighted by molar-refractivity contribution is 0.617. The highest BCUT2D eigenvalue weighted by Gasteiger charge is 2.10. The van der Waals surface area contributed by atoms with Crippen molar-refractivity contribution in [3.8, 4) is 0 Å². The summed E-state index contributed by atoms with van der Waals surface area (Å²) < 4.78 is 14.1. The SMILES string of the molecule is C[C@H](N)c1ccc(N(C)Cc2cccnc2)c(F)c1. The second kappa shape index (κ2) is 5.80. The molecule has 0 saturated heterocycles. The van der Waals surface area contributed by atoms with Gasteiger partial charge in [-0.15, -0.1) is 0 Å². The first kappa shape index (κ1) is 13.5. The summed E-state index contributed by atoms with van der Waals surface area (Å²) in [5.74, 6) is -0.249. The van der Waals surface area contributed by atoms with E-state index in [1.54, 1.807) is 18.5 Å². The zero-order chi connectivity index (χ0) is 13.8. The van der Waals surface area contributed by atoms with E-state index in [0.717, 1.165) is 11.1 Å². The maximum atomic E-state index is 14.1. The van der Waals surface area contributed by atoms with Crippen molar-refractivity contribution >= 4 is 5.69 Å². The van der Waals surface area contributed by atoms with Crippen molar-refractivity contribution in [3.63, 3.8) is 0 Å². The van der Waals surface area contributed by atoms with E-state index in [-0.39, 0.29) is 11.9 Å². The van der Waals surface area contributed by atoms with Gasteiger partial charge in [0.15, 0.2) is 0 Å².